The highest BCUT2D eigenvalue weighted by molar-refractivity contribution is 7.99. The lowest BCUT2D eigenvalue weighted by atomic mass is 10.2. The number of nitrogens with zero attached hydrogens (tertiary/aromatic N) is 1. The molecule has 1 aliphatic rings. The number of rotatable bonds is 4. The zero-order valence-electron chi connectivity index (χ0n) is 9.11. The number of likely N-dealkylation sites (N-methyl/N-ethyl adjacent to an activating group) is 1. The van der Waals surface area contributed by atoms with Crippen LogP contribution in [-0.2, 0) is 0 Å². The van der Waals surface area contributed by atoms with Crippen molar-refractivity contribution in [3.8, 4) is 0 Å². The van der Waals surface area contributed by atoms with Crippen LogP contribution in [0.1, 0.15) is 16.1 Å². The molecule has 2 nitrogen and oxygen atoms in total. The molecule has 0 aliphatic carbocycles. The minimum absolute atomic E-state index is 0.177. The third-order valence-corrected chi connectivity index (χ3v) is 5.19. The lowest BCUT2D eigenvalue weighted by molar-refractivity contribution is 0.0931. The van der Waals surface area contributed by atoms with E-state index in [0.29, 0.717) is 16.9 Å². The maximum absolute atomic E-state index is 11.9. The Morgan fingerprint density at radius 3 is 3.00 bits per heavy atom. The summed E-state index contributed by atoms with van der Waals surface area (Å²) in [6.45, 7) is 0.502. The molecule has 1 saturated heterocycles. The quantitative estimate of drug-likeness (QED) is 0.788. The van der Waals surface area contributed by atoms with E-state index >= 15 is 0 Å². The molecule has 0 aromatic carbocycles. The Labute approximate surface area is 109 Å². The molecular formula is C11H14ClNOS2. The van der Waals surface area contributed by atoms with Crippen LogP contribution in [-0.4, -0.2) is 41.8 Å². The summed E-state index contributed by atoms with van der Waals surface area (Å²) in [5.41, 5.74) is 0. The molecule has 0 radical (unpaired) electrons. The molecule has 0 saturated carbocycles. The molecule has 2 heterocycles. The van der Waals surface area contributed by atoms with Crippen molar-refractivity contribution >= 4 is 40.5 Å². The average Bonchev–Trinajstić information content (AvgIpc) is 2.87. The van der Waals surface area contributed by atoms with Gasteiger partial charge in [0.2, 0.25) is 0 Å². The van der Waals surface area contributed by atoms with Crippen LogP contribution < -0.4 is 0 Å². The number of hydrogen-bond acceptors (Lipinski definition) is 4. The van der Waals surface area contributed by atoms with Gasteiger partial charge < -0.3 is 0 Å². The molecule has 88 valence electrons. The van der Waals surface area contributed by atoms with Crippen molar-refractivity contribution in [3.05, 3.63) is 21.3 Å². The van der Waals surface area contributed by atoms with Crippen LogP contribution >= 0.6 is 34.7 Å². The molecule has 1 unspecified atom stereocenters. The first-order valence-electron chi connectivity index (χ1n) is 5.23. The fraction of sp³-hybridized carbons (Fsp3) is 0.545. The zero-order valence-corrected chi connectivity index (χ0v) is 11.5. The van der Waals surface area contributed by atoms with E-state index < -0.39 is 0 Å². The molecule has 0 bridgehead atoms. The average molecular weight is 276 g/mol. The number of thioether (sulfide) groups is 1. The van der Waals surface area contributed by atoms with Crippen LogP contribution in [0.25, 0.3) is 0 Å². The van der Waals surface area contributed by atoms with Crippen molar-refractivity contribution < 1.29 is 4.79 Å². The van der Waals surface area contributed by atoms with Gasteiger partial charge in [0.05, 0.1) is 15.8 Å². The number of thiophene rings is 1. The molecule has 0 spiro atoms. The van der Waals surface area contributed by atoms with Crippen LogP contribution in [0.15, 0.2) is 12.1 Å². The normalized spacial score (nSPS) is 20.6. The van der Waals surface area contributed by atoms with E-state index in [0.717, 1.165) is 10.6 Å². The first-order chi connectivity index (χ1) is 7.66. The minimum atomic E-state index is 0.177. The third kappa shape index (κ3) is 3.00. The van der Waals surface area contributed by atoms with E-state index in [2.05, 4.69) is 4.90 Å². The first-order valence-corrected chi connectivity index (χ1v) is 7.58. The highest BCUT2D eigenvalue weighted by Gasteiger charge is 2.22. The topological polar surface area (TPSA) is 20.3 Å². The Balaban J connectivity index is 1.91. The van der Waals surface area contributed by atoms with E-state index in [1.807, 2.05) is 24.9 Å². The van der Waals surface area contributed by atoms with Crippen LogP contribution in [0, 0.1) is 0 Å². The van der Waals surface area contributed by atoms with Gasteiger partial charge in [-0.2, -0.15) is 11.8 Å². The van der Waals surface area contributed by atoms with Crippen molar-refractivity contribution in [3.63, 3.8) is 0 Å². The number of hydrogen-bond donors (Lipinski definition) is 0. The van der Waals surface area contributed by atoms with Crippen LogP contribution in [0.4, 0.5) is 0 Å². The Bertz CT molecular complexity index is 374. The van der Waals surface area contributed by atoms with E-state index in [9.17, 15) is 4.79 Å². The SMILES string of the molecule is CN(CC(=O)c1ccc(Cl)s1)C1CCSC1. The molecule has 1 aromatic heterocycles. The second-order valence-electron chi connectivity index (χ2n) is 3.96. The Morgan fingerprint density at radius 1 is 1.62 bits per heavy atom. The van der Waals surface area contributed by atoms with Gasteiger partial charge in [-0.05, 0) is 31.4 Å². The van der Waals surface area contributed by atoms with Gasteiger partial charge in [-0.3, -0.25) is 9.69 Å². The summed E-state index contributed by atoms with van der Waals surface area (Å²) in [5.74, 6) is 2.54. The third-order valence-electron chi connectivity index (χ3n) is 2.77. The molecule has 5 heteroatoms. The molecule has 1 aromatic rings. The second-order valence-corrected chi connectivity index (χ2v) is 6.82. The fourth-order valence-corrected chi connectivity index (χ4v) is 4.04. The van der Waals surface area contributed by atoms with Crippen LogP contribution in [0.5, 0.6) is 0 Å². The Morgan fingerprint density at radius 2 is 2.44 bits per heavy atom. The summed E-state index contributed by atoms with van der Waals surface area (Å²) in [6, 6.07) is 4.15. The highest BCUT2D eigenvalue weighted by Crippen LogP contribution is 2.24. The minimum Gasteiger partial charge on any atom is -0.295 e. The summed E-state index contributed by atoms with van der Waals surface area (Å²) in [6.07, 6.45) is 1.19. The smallest absolute Gasteiger partial charge is 0.186 e. The lowest BCUT2D eigenvalue weighted by Gasteiger charge is -2.22. The number of ketones is 1. The van der Waals surface area contributed by atoms with Gasteiger partial charge in [0.1, 0.15) is 0 Å². The predicted octanol–water partition coefficient (Wildman–Crippen LogP) is 3.02. The summed E-state index contributed by atoms with van der Waals surface area (Å²) < 4.78 is 0.683. The van der Waals surface area contributed by atoms with Gasteiger partial charge in [-0.25, -0.2) is 0 Å². The van der Waals surface area contributed by atoms with Crippen molar-refractivity contribution in [1.29, 1.82) is 0 Å². The molecule has 1 atom stereocenters. The molecule has 1 fully saturated rings. The number of halogens is 1. The predicted molar refractivity (Wildman–Crippen MR) is 72.0 cm³/mol. The number of Topliss-reactive ketones (excluding diaryl/α,β-unsaturated/α-hetero) is 1. The molecule has 0 N–H and O–H groups in total. The standard InChI is InChI=1S/C11H14ClNOS2/c1-13(8-4-5-15-7-8)6-9(14)10-2-3-11(12)16-10/h2-3,8H,4-7H2,1H3. The molecule has 1 aliphatic heterocycles. The summed E-state index contributed by atoms with van der Waals surface area (Å²) >= 11 is 9.15. The van der Waals surface area contributed by atoms with Crippen molar-refractivity contribution in [2.24, 2.45) is 0 Å². The largest absolute Gasteiger partial charge is 0.295 e. The van der Waals surface area contributed by atoms with Gasteiger partial charge in [-0.1, -0.05) is 11.6 Å². The van der Waals surface area contributed by atoms with Gasteiger partial charge in [0, 0.05) is 11.8 Å². The van der Waals surface area contributed by atoms with Gasteiger partial charge in [0.15, 0.2) is 5.78 Å². The van der Waals surface area contributed by atoms with E-state index in [1.54, 1.807) is 6.07 Å². The van der Waals surface area contributed by atoms with Gasteiger partial charge >= 0.3 is 0 Å². The maximum atomic E-state index is 11.9. The fourth-order valence-electron chi connectivity index (χ4n) is 1.77. The highest BCUT2D eigenvalue weighted by atomic mass is 35.5. The zero-order chi connectivity index (χ0) is 11.5. The first kappa shape index (κ1) is 12.4. The Hall–Kier alpha value is -0.0300. The van der Waals surface area contributed by atoms with E-state index in [1.165, 1.54) is 23.5 Å². The Kier molecular flexibility index (Phi) is 4.30. The number of carbonyl (C=O) groups is 1. The molecule has 16 heavy (non-hydrogen) atoms. The number of carbonyl (C=O) groups excluding carboxylic acids is 1. The van der Waals surface area contributed by atoms with Crippen LogP contribution in [0.3, 0.4) is 0 Å². The molecule has 2 rings (SSSR count). The molecular weight excluding hydrogens is 262 g/mol. The van der Waals surface area contributed by atoms with E-state index in [4.69, 9.17) is 11.6 Å². The monoisotopic (exact) mass is 275 g/mol. The maximum Gasteiger partial charge on any atom is 0.186 e. The van der Waals surface area contributed by atoms with Crippen molar-refractivity contribution in [2.75, 3.05) is 25.1 Å². The van der Waals surface area contributed by atoms with Crippen LogP contribution in [0.2, 0.25) is 4.34 Å². The summed E-state index contributed by atoms with van der Waals surface area (Å²) in [7, 11) is 2.03. The second kappa shape index (κ2) is 5.54. The lowest BCUT2D eigenvalue weighted by Crippen LogP contribution is -2.35. The summed E-state index contributed by atoms with van der Waals surface area (Å²) in [4.78, 5) is 14.9. The summed E-state index contributed by atoms with van der Waals surface area (Å²) in [5, 5.41) is 0. The van der Waals surface area contributed by atoms with Crippen molar-refractivity contribution in [1.82, 2.24) is 4.90 Å². The molecule has 0 amide bonds. The van der Waals surface area contributed by atoms with Gasteiger partial charge in [0.25, 0.3) is 0 Å². The van der Waals surface area contributed by atoms with E-state index in [-0.39, 0.29) is 5.78 Å². The van der Waals surface area contributed by atoms with Gasteiger partial charge in [-0.15, -0.1) is 11.3 Å². The van der Waals surface area contributed by atoms with Crippen molar-refractivity contribution in [2.45, 2.75) is 12.5 Å².